The maximum absolute atomic E-state index is 13.4. The van der Waals surface area contributed by atoms with Crippen LogP contribution in [0, 0.1) is 24.0 Å². The predicted molar refractivity (Wildman–Crippen MR) is 127 cm³/mol. The van der Waals surface area contributed by atoms with E-state index in [1.807, 2.05) is 38.1 Å². The van der Waals surface area contributed by atoms with Crippen LogP contribution in [0.4, 0.5) is 11.4 Å². The van der Waals surface area contributed by atoms with E-state index in [0.29, 0.717) is 16.3 Å². The van der Waals surface area contributed by atoms with E-state index in [-0.39, 0.29) is 23.5 Å². The fraction of sp³-hybridized carbons (Fsp3) is 0.120. The summed E-state index contributed by atoms with van der Waals surface area (Å²) in [6.07, 6.45) is 0. The maximum Gasteiger partial charge on any atom is 0.278 e. The minimum Gasteiger partial charge on any atom is -0.350 e. The van der Waals surface area contributed by atoms with Gasteiger partial charge in [0.2, 0.25) is 0 Å². The lowest BCUT2D eigenvalue weighted by molar-refractivity contribution is -0.384. The van der Waals surface area contributed by atoms with E-state index in [0.717, 1.165) is 16.7 Å². The van der Waals surface area contributed by atoms with Crippen molar-refractivity contribution in [3.63, 3.8) is 0 Å². The van der Waals surface area contributed by atoms with Crippen molar-refractivity contribution < 1.29 is 14.5 Å². The van der Waals surface area contributed by atoms with Crippen molar-refractivity contribution in [1.82, 2.24) is 4.90 Å². The number of carbonyl (C=O) groups is 2. The Labute approximate surface area is 195 Å². The molecule has 4 rings (SSSR count). The van der Waals surface area contributed by atoms with Crippen LogP contribution in [0.25, 0.3) is 5.57 Å². The molecular formula is C25H20ClN3O4. The van der Waals surface area contributed by atoms with Crippen molar-refractivity contribution >= 4 is 40.4 Å². The zero-order valence-electron chi connectivity index (χ0n) is 18.0. The second kappa shape index (κ2) is 8.88. The Morgan fingerprint density at radius 3 is 2.21 bits per heavy atom. The molecule has 0 aromatic heterocycles. The number of nitrogens with zero attached hydrogens (tertiary/aromatic N) is 2. The van der Waals surface area contributed by atoms with Crippen LogP contribution in [-0.2, 0) is 16.1 Å². The highest BCUT2D eigenvalue weighted by Gasteiger charge is 2.39. The lowest BCUT2D eigenvalue weighted by atomic mass is 10.0. The summed E-state index contributed by atoms with van der Waals surface area (Å²) in [7, 11) is 0. The first-order valence-electron chi connectivity index (χ1n) is 10.2. The van der Waals surface area contributed by atoms with E-state index >= 15 is 0 Å². The van der Waals surface area contributed by atoms with Crippen LogP contribution < -0.4 is 5.32 Å². The summed E-state index contributed by atoms with van der Waals surface area (Å²) in [5, 5.41) is 14.7. The molecule has 1 aliphatic heterocycles. The second-order valence-electron chi connectivity index (χ2n) is 7.82. The Kier molecular flexibility index (Phi) is 5.98. The van der Waals surface area contributed by atoms with Gasteiger partial charge in [-0.2, -0.15) is 0 Å². The highest BCUT2D eigenvalue weighted by molar-refractivity contribution is 6.36. The maximum atomic E-state index is 13.4. The third kappa shape index (κ3) is 4.49. The van der Waals surface area contributed by atoms with E-state index in [4.69, 9.17) is 11.6 Å². The van der Waals surface area contributed by atoms with Crippen molar-refractivity contribution in [2.24, 2.45) is 0 Å². The number of benzene rings is 3. The molecule has 1 heterocycles. The number of nitro groups is 1. The zero-order chi connectivity index (χ0) is 23.7. The van der Waals surface area contributed by atoms with Crippen molar-refractivity contribution in [1.29, 1.82) is 0 Å². The van der Waals surface area contributed by atoms with E-state index in [1.165, 1.54) is 29.2 Å². The Morgan fingerprint density at radius 1 is 0.939 bits per heavy atom. The van der Waals surface area contributed by atoms with Crippen LogP contribution in [0.2, 0.25) is 5.02 Å². The largest absolute Gasteiger partial charge is 0.350 e. The number of halogens is 1. The van der Waals surface area contributed by atoms with Gasteiger partial charge in [0.05, 0.1) is 17.0 Å². The van der Waals surface area contributed by atoms with Gasteiger partial charge in [0.1, 0.15) is 5.70 Å². The molecule has 3 aromatic carbocycles. The molecule has 0 radical (unpaired) electrons. The molecule has 0 unspecified atom stereocenters. The topological polar surface area (TPSA) is 92.6 Å². The number of non-ortho nitro benzene ring substituents is 1. The minimum atomic E-state index is -0.514. The molecule has 0 spiro atoms. The van der Waals surface area contributed by atoms with Gasteiger partial charge in [-0.05, 0) is 60.9 Å². The summed E-state index contributed by atoms with van der Waals surface area (Å²) in [6.45, 7) is 3.91. The molecule has 7 nitrogen and oxygen atoms in total. The smallest absolute Gasteiger partial charge is 0.278 e. The van der Waals surface area contributed by atoms with Gasteiger partial charge in [0.25, 0.3) is 17.5 Å². The van der Waals surface area contributed by atoms with Crippen LogP contribution in [0.3, 0.4) is 0 Å². The Bertz CT molecular complexity index is 1300. The van der Waals surface area contributed by atoms with Gasteiger partial charge in [-0.3, -0.25) is 24.6 Å². The van der Waals surface area contributed by atoms with Gasteiger partial charge in [-0.25, -0.2) is 0 Å². The Hall–Kier alpha value is -3.97. The number of aryl methyl sites for hydroxylation is 2. The number of rotatable bonds is 6. The van der Waals surface area contributed by atoms with Crippen LogP contribution in [0.15, 0.2) is 72.4 Å². The normalized spacial score (nSPS) is 13.6. The molecule has 2 amide bonds. The van der Waals surface area contributed by atoms with Crippen molar-refractivity contribution in [3.8, 4) is 0 Å². The number of nitro benzene ring substituents is 1. The molecule has 0 saturated heterocycles. The summed E-state index contributed by atoms with van der Waals surface area (Å²) in [5.74, 6) is -0.938. The number of hydrogen-bond donors (Lipinski definition) is 1. The van der Waals surface area contributed by atoms with E-state index in [1.54, 1.807) is 18.2 Å². The van der Waals surface area contributed by atoms with E-state index in [9.17, 15) is 19.7 Å². The number of carbonyl (C=O) groups excluding carboxylic acids is 2. The number of anilines is 1. The van der Waals surface area contributed by atoms with Crippen LogP contribution in [0.1, 0.15) is 22.3 Å². The van der Waals surface area contributed by atoms with Crippen molar-refractivity contribution in [2.45, 2.75) is 20.4 Å². The van der Waals surface area contributed by atoms with Crippen molar-refractivity contribution in [3.05, 3.63) is 110 Å². The summed E-state index contributed by atoms with van der Waals surface area (Å²) < 4.78 is 0. The molecule has 1 aliphatic rings. The van der Waals surface area contributed by atoms with Crippen LogP contribution in [0.5, 0.6) is 0 Å². The van der Waals surface area contributed by atoms with E-state index in [2.05, 4.69) is 5.32 Å². The molecule has 0 atom stereocenters. The Balaban J connectivity index is 1.76. The summed E-state index contributed by atoms with van der Waals surface area (Å²) in [5.41, 5.74) is 3.91. The monoisotopic (exact) mass is 461 g/mol. The highest BCUT2D eigenvalue weighted by atomic mass is 35.5. The molecule has 0 fully saturated rings. The van der Waals surface area contributed by atoms with Crippen LogP contribution in [-0.4, -0.2) is 21.6 Å². The number of amides is 2. The third-order valence-electron chi connectivity index (χ3n) is 5.44. The highest BCUT2D eigenvalue weighted by Crippen LogP contribution is 2.33. The molecule has 33 heavy (non-hydrogen) atoms. The standard InChI is InChI=1S/C25H20ClN3O4/c1-15-3-5-17(6-4-15)14-28-24(30)22(18-7-10-20(11-8-18)29(32)33)23(25(28)31)27-21-12-9-19(26)13-16(21)2/h3-13,27H,14H2,1-2H3. The molecule has 0 aliphatic carbocycles. The molecule has 0 saturated carbocycles. The zero-order valence-corrected chi connectivity index (χ0v) is 18.7. The molecule has 1 N–H and O–H groups in total. The van der Waals surface area contributed by atoms with E-state index < -0.39 is 16.7 Å². The van der Waals surface area contributed by atoms with Gasteiger partial charge in [0.15, 0.2) is 0 Å². The van der Waals surface area contributed by atoms with Gasteiger partial charge >= 0.3 is 0 Å². The molecule has 8 heteroatoms. The van der Waals surface area contributed by atoms with Gasteiger partial charge in [-0.1, -0.05) is 41.4 Å². The second-order valence-corrected chi connectivity index (χ2v) is 8.26. The van der Waals surface area contributed by atoms with Gasteiger partial charge < -0.3 is 5.32 Å². The average molecular weight is 462 g/mol. The predicted octanol–water partition coefficient (Wildman–Crippen LogP) is 5.26. The van der Waals surface area contributed by atoms with Gasteiger partial charge in [-0.15, -0.1) is 0 Å². The fourth-order valence-electron chi connectivity index (χ4n) is 3.63. The molecule has 0 bridgehead atoms. The Morgan fingerprint density at radius 2 is 1.61 bits per heavy atom. The first-order valence-corrected chi connectivity index (χ1v) is 10.6. The number of nitrogens with one attached hydrogen (secondary N) is 1. The summed E-state index contributed by atoms with van der Waals surface area (Å²) in [4.78, 5) is 38.5. The molecule has 3 aromatic rings. The number of imide groups is 1. The summed E-state index contributed by atoms with van der Waals surface area (Å²) >= 11 is 6.05. The first kappa shape index (κ1) is 22.2. The SMILES string of the molecule is Cc1ccc(CN2C(=O)C(Nc3ccc(Cl)cc3C)=C(c3ccc([N+](=O)[O-])cc3)C2=O)cc1. The minimum absolute atomic E-state index is 0.101. The van der Waals surface area contributed by atoms with Gasteiger partial charge in [0, 0.05) is 22.8 Å². The molecular weight excluding hydrogens is 442 g/mol. The average Bonchev–Trinajstić information content (AvgIpc) is 3.01. The fourth-order valence-corrected chi connectivity index (χ4v) is 3.86. The number of hydrogen-bond acceptors (Lipinski definition) is 5. The van der Waals surface area contributed by atoms with Crippen LogP contribution >= 0.6 is 11.6 Å². The lowest BCUT2D eigenvalue weighted by Crippen LogP contribution is -2.32. The first-order chi connectivity index (χ1) is 15.7. The third-order valence-corrected chi connectivity index (χ3v) is 5.68. The quantitative estimate of drug-likeness (QED) is 0.307. The summed E-state index contributed by atoms with van der Waals surface area (Å²) in [6, 6.07) is 18.3. The molecule has 166 valence electrons. The van der Waals surface area contributed by atoms with Crippen molar-refractivity contribution in [2.75, 3.05) is 5.32 Å². The lowest BCUT2D eigenvalue weighted by Gasteiger charge is -2.16.